The van der Waals surface area contributed by atoms with Crippen molar-refractivity contribution in [3.8, 4) is 0 Å². The topological polar surface area (TPSA) is 66.4 Å². The van der Waals surface area contributed by atoms with E-state index in [9.17, 15) is 9.59 Å². The smallest absolute Gasteiger partial charge is 0.307 e. The number of rotatable bonds is 4. The van der Waals surface area contributed by atoms with Crippen LogP contribution >= 0.6 is 0 Å². The highest BCUT2D eigenvalue weighted by Gasteiger charge is 2.51. The number of fused-ring (bicyclic) bond motifs is 2. The largest absolute Gasteiger partial charge is 0.481 e. The summed E-state index contributed by atoms with van der Waals surface area (Å²) in [6.07, 6.45) is 6.29. The van der Waals surface area contributed by atoms with Gasteiger partial charge in [0.1, 0.15) is 0 Å². The minimum Gasteiger partial charge on any atom is -0.481 e. The highest BCUT2D eigenvalue weighted by atomic mass is 16.4. The first-order valence-electron chi connectivity index (χ1n) is 5.45. The quantitative estimate of drug-likeness (QED) is 0.690. The van der Waals surface area contributed by atoms with Crippen molar-refractivity contribution >= 4 is 11.9 Å². The fraction of sp³-hybridized carbons (Fsp3) is 0.500. The summed E-state index contributed by atoms with van der Waals surface area (Å²) in [5, 5.41) is 11.8. The molecule has 2 N–H and O–H groups in total. The Hall–Kier alpha value is -1.58. The van der Waals surface area contributed by atoms with Crippen LogP contribution < -0.4 is 5.32 Å². The van der Waals surface area contributed by atoms with E-state index < -0.39 is 17.8 Å². The molecule has 0 radical (unpaired) electrons. The Morgan fingerprint density at radius 2 is 2.00 bits per heavy atom. The van der Waals surface area contributed by atoms with E-state index in [0.717, 1.165) is 6.42 Å². The van der Waals surface area contributed by atoms with Crippen LogP contribution in [0.25, 0.3) is 0 Å². The van der Waals surface area contributed by atoms with Crippen molar-refractivity contribution < 1.29 is 14.7 Å². The third kappa shape index (κ3) is 1.64. The number of hydrogen-bond donors (Lipinski definition) is 2. The van der Waals surface area contributed by atoms with Crippen LogP contribution in [0.15, 0.2) is 24.8 Å². The molecule has 0 saturated heterocycles. The van der Waals surface area contributed by atoms with E-state index in [0.29, 0.717) is 6.54 Å². The normalized spacial score (nSPS) is 35.0. The molecule has 0 aliphatic heterocycles. The third-order valence-corrected chi connectivity index (χ3v) is 3.47. The highest BCUT2D eigenvalue weighted by molar-refractivity contribution is 5.86. The van der Waals surface area contributed by atoms with E-state index in [1.54, 1.807) is 6.08 Å². The number of nitrogens with one attached hydrogen (secondary N) is 1. The van der Waals surface area contributed by atoms with Gasteiger partial charge in [-0.1, -0.05) is 18.2 Å². The summed E-state index contributed by atoms with van der Waals surface area (Å²) in [7, 11) is 0. The van der Waals surface area contributed by atoms with E-state index >= 15 is 0 Å². The number of carbonyl (C=O) groups is 2. The average Bonchev–Trinajstić information content (AvgIpc) is 2.84. The molecule has 2 rings (SSSR count). The van der Waals surface area contributed by atoms with Gasteiger partial charge in [-0.3, -0.25) is 9.59 Å². The maximum atomic E-state index is 11.9. The lowest BCUT2D eigenvalue weighted by Crippen LogP contribution is -2.40. The number of carboxylic acid groups (broad SMARTS) is 1. The van der Waals surface area contributed by atoms with Crippen molar-refractivity contribution in [3.05, 3.63) is 24.8 Å². The lowest BCUT2D eigenvalue weighted by Gasteiger charge is -2.23. The van der Waals surface area contributed by atoms with Crippen molar-refractivity contribution in [2.45, 2.75) is 6.42 Å². The van der Waals surface area contributed by atoms with Gasteiger partial charge in [0.2, 0.25) is 5.91 Å². The van der Waals surface area contributed by atoms with E-state index in [1.807, 2.05) is 12.2 Å². The molecule has 0 aromatic carbocycles. The van der Waals surface area contributed by atoms with Gasteiger partial charge in [0.05, 0.1) is 11.8 Å². The van der Waals surface area contributed by atoms with Gasteiger partial charge in [-0.15, -0.1) is 6.58 Å². The van der Waals surface area contributed by atoms with Crippen molar-refractivity contribution in [1.29, 1.82) is 0 Å². The van der Waals surface area contributed by atoms with Crippen LogP contribution in [0.4, 0.5) is 0 Å². The van der Waals surface area contributed by atoms with Crippen LogP contribution in [0, 0.1) is 23.7 Å². The van der Waals surface area contributed by atoms with Gasteiger partial charge in [0, 0.05) is 6.54 Å². The Bertz CT molecular complexity index is 361. The Kier molecular flexibility index (Phi) is 2.81. The third-order valence-electron chi connectivity index (χ3n) is 3.47. The summed E-state index contributed by atoms with van der Waals surface area (Å²) in [6, 6.07) is 0. The second-order valence-electron chi connectivity index (χ2n) is 4.37. The second kappa shape index (κ2) is 4.12. The molecular weight excluding hydrogens is 206 g/mol. The molecule has 0 spiro atoms. The summed E-state index contributed by atoms with van der Waals surface area (Å²) < 4.78 is 0. The van der Waals surface area contributed by atoms with Crippen molar-refractivity contribution in [1.82, 2.24) is 5.32 Å². The van der Waals surface area contributed by atoms with Crippen molar-refractivity contribution in [2.24, 2.45) is 23.7 Å². The fourth-order valence-electron chi connectivity index (χ4n) is 2.81. The molecular formula is C12H15NO3. The Morgan fingerprint density at radius 1 is 1.38 bits per heavy atom. The number of hydrogen-bond acceptors (Lipinski definition) is 2. The predicted molar refractivity (Wildman–Crippen MR) is 58.6 cm³/mol. The molecule has 2 bridgehead atoms. The molecule has 2 aliphatic carbocycles. The second-order valence-corrected chi connectivity index (χ2v) is 4.37. The summed E-state index contributed by atoms with van der Waals surface area (Å²) in [4.78, 5) is 23.0. The average molecular weight is 221 g/mol. The monoisotopic (exact) mass is 221 g/mol. The maximum Gasteiger partial charge on any atom is 0.307 e. The van der Waals surface area contributed by atoms with E-state index in [1.165, 1.54) is 0 Å². The molecule has 16 heavy (non-hydrogen) atoms. The first kappa shape index (κ1) is 10.9. The van der Waals surface area contributed by atoms with Gasteiger partial charge in [-0.05, 0) is 18.3 Å². The first-order valence-corrected chi connectivity index (χ1v) is 5.45. The lowest BCUT2D eigenvalue weighted by molar-refractivity contribution is -0.147. The number of allylic oxidation sites excluding steroid dienone is 2. The minimum absolute atomic E-state index is 0.0296. The Labute approximate surface area is 94.0 Å². The van der Waals surface area contributed by atoms with Crippen molar-refractivity contribution in [2.75, 3.05) is 6.54 Å². The molecule has 4 heteroatoms. The first-order chi connectivity index (χ1) is 7.65. The fourth-order valence-corrected chi connectivity index (χ4v) is 2.81. The molecule has 0 aromatic heterocycles. The molecule has 1 saturated carbocycles. The molecule has 1 amide bonds. The minimum atomic E-state index is -0.865. The lowest BCUT2D eigenvalue weighted by atomic mass is 9.82. The molecule has 0 aromatic rings. The summed E-state index contributed by atoms with van der Waals surface area (Å²) >= 11 is 0. The van der Waals surface area contributed by atoms with Crippen LogP contribution in [-0.2, 0) is 9.59 Å². The van der Waals surface area contributed by atoms with Gasteiger partial charge in [0.15, 0.2) is 0 Å². The van der Waals surface area contributed by atoms with E-state index in [4.69, 9.17) is 5.11 Å². The summed E-state index contributed by atoms with van der Waals surface area (Å²) in [6.45, 7) is 3.91. The zero-order valence-electron chi connectivity index (χ0n) is 8.93. The van der Waals surface area contributed by atoms with Gasteiger partial charge in [-0.2, -0.15) is 0 Å². The number of amides is 1. The molecule has 4 nitrogen and oxygen atoms in total. The van der Waals surface area contributed by atoms with E-state index in [2.05, 4.69) is 11.9 Å². The van der Waals surface area contributed by atoms with Gasteiger partial charge in [-0.25, -0.2) is 0 Å². The van der Waals surface area contributed by atoms with Gasteiger partial charge >= 0.3 is 5.97 Å². The van der Waals surface area contributed by atoms with Gasteiger partial charge < -0.3 is 10.4 Å². The van der Waals surface area contributed by atoms with Gasteiger partial charge in [0.25, 0.3) is 0 Å². The molecule has 4 atom stereocenters. The van der Waals surface area contributed by atoms with Crippen LogP contribution in [0.3, 0.4) is 0 Å². The molecule has 0 heterocycles. The molecule has 86 valence electrons. The van der Waals surface area contributed by atoms with Crippen LogP contribution in [-0.4, -0.2) is 23.5 Å². The molecule has 1 fully saturated rings. The number of aliphatic carboxylic acids is 1. The Balaban J connectivity index is 2.13. The summed E-state index contributed by atoms with van der Waals surface area (Å²) in [5.74, 6) is -1.87. The predicted octanol–water partition coefficient (Wildman–Crippen LogP) is 0.811. The number of carboxylic acids is 1. The zero-order valence-corrected chi connectivity index (χ0v) is 8.93. The van der Waals surface area contributed by atoms with Crippen molar-refractivity contribution in [3.63, 3.8) is 0 Å². The van der Waals surface area contributed by atoms with Crippen LogP contribution in [0.5, 0.6) is 0 Å². The maximum absolute atomic E-state index is 11.9. The Morgan fingerprint density at radius 3 is 2.56 bits per heavy atom. The molecule has 2 aliphatic rings. The standard InChI is InChI=1S/C12H15NO3/c1-2-5-13-11(14)9-7-3-4-8(6-7)10(9)12(15)16/h2-4,7-10H,1,5-6H2,(H,13,14)(H,15,16)/t7-,8+,9+,10+/m0/s1. The van der Waals surface area contributed by atoms with Crippen LogP contribution in [0.2, 0.25) is 0 Å². The zero-order chi connectivity index (χ0) is 11.7. The highest BCUT2D eigenvalue weighted by Crippen LogP contribution is 2.48. The number of carbonyl (C=O) groups excluding carboxylic acids is 1. The van der Waals surface area contributed by atoms with E-state index in [-0.39, 0.29) is 17.7 Å². The summed E-state index contributed by atoms with van der Waals surface area (Å²) in [5.41, 5.74) is 0. The molecule has 0 unspecified atom stereocenters. The van der Waals surface area contributed by atoms with Crippen LogP contribution in [0.1, 0.15) is 6.42 Å². The SMILES string of the molecule is C=CCNC(=O)[C@H]1[C@H](C(=O)O)[C@@H]2C=C[C@H]1C2.